The molecular formula is C12H18N4O2. The molecular weight excluding hydrogens is 232 g/mol. The highest BCUT2D eigenvalue weighted by atomic mass is 16.6. The van der Waals surface area contributed by atoms with E-state index in [0.29, 0.717) is 12.0 Å². The van der Waals surface area contributed by atoms with E-state index in [0.717, 1.165) is 12.8 Å². The number of aromatic nitrogens is 2. The summed E-state index contributed by atoms with van der Waals surface area (Å²) >= 11 is 0. The lowest BCUT2D eigenvalue weighted by Crippen LogP contribution is -2.21. The summed E-state index contributed by atoms with van der Waals surface area (Å²) in [6.07, 6.45) is 11.1. The Balaban J connectivity index is 1.92. The van der Waals surface area contributed by atoms with Gasteiger partial charge in [0, 0.05) is 6.04 Å². The molecule has 6 nitrogen and oxygen atoms in total. The Morgan fingerprint density at radius 1 is 1.11 bits per heavy atom. The molecule has 1 fully saturated rings. The number of hydrogen-bond donors (Lipinski definition) is 1. The van der Waals surface area contributed by atoms with Crippen molar-refractivity contribution in [3.8, 4) is 0 Å². The van der Waals surface area contributed by atoms with E-state index in [1.165, 1.54) is 44.5 Å². The largest absolute Gasteiger partial charge is 0.351 e. The van der Waals surface area contributed by atoms with E-state index in [-0.39, 0.29) is 5.69 Å². The highest BCUT2D eigenvalue weighted by Gasteiger charge is 2.13. The van der Waals surface area contributed by atoms with E-state index in [1.807, 2.05) is 0 Å². The van der Waals surface area contributed by atoms with Gasteiger partial charge in [0.15, 0.2) is 0 Å². The quantitative estimate of drug-likeness (QED) is 0.659. The third kappa shape index (κ3) is 3.65. The monoisotopic (exact) mass is 250 g/mol. The number of rotatable bonds is 3. The van der Waals surface area contributed by atoms with E-state index in [9.17, 15) is 10.1 Å². The zero-order valence-corrected chi connectivity index (χ0v) is 10.3. The van der Waals surface area contributed by atoms with Crippen molar-refractivity contribution in [3.63, 3.8) is 0 Å². The number of nitro groups is 1. The maximum absolute atomic E-state index is 10.5. The highest BCUT2D eigenvalue weighted by molar-refractivity contribution is 5.31. The third-order valence-corrected chi connectivity index (χ3v) is 3.29. The van der Waals surface area contributed by atoms with Crippen molar-refractivity contribution in [2.45, 2.75) is 51.0 Å². The summed E-state index contributed by atoms with van der Waals surface area (Å²) < 4.78 is 0. The highest BCUT2D eigenvalue weighted by Crippen LogP contribution is 2.19. The summed E-state index contributed by atoms with van der Waals surface area (Å²) in [5, 5.41) is 13.8. The number of nitrogens with one attached hydrogen (secondary N) is 1. The molecule has 1 aromatic rings. The van der Waals surface area contributed by atoms with Gasteiger partial charge in [-0.1, -0.05) is 32.1 Å². The molecule has 6 heteroatoms. The molecule has 1 aromatic heterocycles. The van der Waals surface area contributed by atoms with Gasteiger partial charge in [-0.15, -0.1) is 0 Å². The molecule has 1 saturated carbocycles. The minimum absolute atomic E-state index is 0.0711. The fourth-order valence-electron chi connectivity index (χ4n) is 2.27. The number of nitrogens with zero attached hydrogens (tertiary/aromatic N) is 3. The maximum Gasteiger partial charge on any atom is 0.305 e. The molecule has 1 aliphatic rings. The molecule has 0 amide bonds. The average Bonchev–Trinajstić information content (AvgIpc) is 2.33. The van der Waals surface area contributed by atoms with E-state index in [2.05, 4.69) is 15.3 Å². The van der Waals surface area contributed by atoms with Crippen molar-refractivity contribution in [2.75, 3.05) is 5.32 Å². The van der Waals surface area contributed by atoms with Crippen LogP contribution in [0.1, 0.15) is 44.9 Å². The zero-order chi connectivity index (χ0) is 12.8. The summed E-state index contributed by atoms with van der Waals surface area (Å²) in [6, 6.07) is 0.395. The summed E-state index contributed by atoms with van der Waals surface area (Å²) in [5.74, 6) is 0.492. The van der Waals surface area contributed by atoms with Crippen LogP contribution in [0.2, 0.25) is 0 Å². The lowest BCUT2D eigenvalue weighted by molar-refractivity contribution is -0.385. The zero-order valence-electron chi connectivity index (χ0n) is 10.3. The van der Waals surface area contributed by atoms with Gasteiger partial charge in [0.2, 0.25) is 5.95 Å². The van der Waals surface area contributed by atoms with Gasteiger partial charge < -0.3 is 5.32 Å². The minimum Gasteiger partial charge on any atom is -0.351 e. The Morgan fingerprint density at radius 2 is 1.67 bits per heavy atom. The first-order valence-electron chi connectivity index (χ1n) is 6.48. The third-order valence-electron chi connectivity index (χ3n) is 3.29. The van der Waals surface area contributed by atoms with E-state index in [1.54, 1.807) is 0 Å². The summed E-state index contributed by atoms with van der Waals surface area (Å²) in [6.45, 7) is 0. The van der Waals surface area contributed by atoms with Crippen LogP contribution in [0.5, 0.6) is 0 Å². The van der Waals surface area contributed by atoms with E-state index in [4.69, 9.17) is 0 Å². The summed E-state index contributed by atoms with van der Waals surface area (Å²) in [7, 11) is 0. The molecule has 18 heavy (non-hydrogen) atoms. The van der Waals surface area contributed by atoms with Crippen LogP contribution in [0.15, 0.2) is 12.4 Å². The first-order chi connectivity index (χ1) is 8.75. The van der Waals surface area contributed by atoms with Gasteiger partial charge in [-0.2, -0.15) is 0 Å². The Kier molecular flexibility index (Phi) is 4.44. The first kappa shape index (κ1) is 12.7. The number of hydrogen-bond acceptors (Lipinski definition) is 5. The second-order valence-electron chi connectivity index (χ2n) is 4.71. The van der Waals surface area contributed by atoms with Crippen LogP contribution in [-0.4, -0.2) is 20.9 Å². The molecule has 0 saturated heterocycles. The number of anilines is 1. The standard InChI is InChI=1S/C12H18N4O2/c17-16(18)11-8-13-12(14-9-11)15-10-6-4-2-1-3-5-7-10/h8-10H,1-7H2,(H,13,14,15). The van der Waals surface area contributed by atoms with Crippen LogP contribution in [0.4, 0.5) is 11.6 Å². The molecule has 0 radical (unpaired) electrons. The van der Waals surface area contributed by atoms with Crippen LogP contribution in [0.25, 0.3) is 0 Å². The topological polar surface area (TPSA) is 81.0 Å². The normalized spacial score (nSPS) is 17.8. The Morgan fingerprint density at radius 3 is 2.22 bits per heavy atom. The van der Waals surface area contributed by atoms with Crippen LogP contribution in [-0.2, 0) is 0 Å². The maximum atomic E-state index is 10.5. The van der Waals surface area contributed by atoms with Crippen LogP contribution >= 0.6 is 0 Å². The molecule has 1 heterocycles. The Hall–Kier alpha value is -1.72. The second kappa shape index (κ2) is 6.28. The van der Waals surface area contributed by atoms with Gasteiger partial charge in [0.1, 0.15) is 12.4 Å². The molecule has 0 bridgehead atoms. The fourth-order valence-corrected chi connectivity index (χ4v) is 2.27. The average molecular weight is 250 g/mol. The fraction of sp³-hybridized carbons (Fsp3) is 0.667. The minimum atomic E-state index is -0.487. The van der Waals surface area contributed by atoms with Crippen LogP contribution < -0.4 is 5.32 Å². The van der Waals surface area contributed by atoms with Gasteiger partial charge >= 0.3 is 5.69 Å². The molecule has 0 aliphatic heterocycles. The van der Waals surface area contributed by atoms with Gasteiger partial charge in [-0.25, -0.2) is 9.97 Å². The van der Waals surface area contributed by atoms with Crippen molar-refractivity contribution in [1.82, 2.24) is 9.97 Å². The Bertz CT molecular complexity index is 386. The van der Waals surface area contributed by atoms with Gasteiger partial charge in [0.05, 0.1) is 4.92 Å². The molecule has 0 unspecified atom stereocenters. The van der Waals surface area contributed by atoms with E-state index >= 15 is 0 Å². The van der Waals surface area contributed by atoms with Crippen LogP contribution in [0, 0.1) is 10.1 Å². The summed E-state index contributed by atoms with van der Waals surface area (Å²) in [4.78, 5) is 18.0. The van der Waals surface area contributed by atoms with Gasteiger partial charge in [-0.3, -0.25) is 10.1 Å². The Labute approximate surface area is 106 Å². The smallest absolute Gasteiger partial charge is 0.305 e. The van der Waals surface area contributed by atoms with Gasteiger partial charge in [0.25, 0.3) is 0 Å². The predicted molar refractivity (Wildman–Crippen MR) is 68.4 cm³/mol. The van der Waals surface area contributed by atoms with Crippen molar-refractivity contribution < 1.29 is 4.92 Å². The lowest BCUT2D eigenvalue weighted by atomic mass is 9.97. The molecule has 1 aliphatic carbocycles. The predicted octanol–water partition coefficient (Wildman–Crippen LogP) is 2.91. The molecule has 0 spiro atoms. The van der Waals surface area contributed by atoms with Crippen molar-refractivity contribution in [1.29, 1.82) is 0 Å². The molecule has 0 aromatic carbocycles. The van der Waals surface area contributed by atoms with Crippen molar-refractivity contribution in [3.05, 3.63) is 22.5 Å². The second-order valence-corrected chi connectivity index (χ2v) is 4.71. The molecule has 98 valence electrons. The van der Waals surface area contributed by atoms with Gasteiger partial charge in [-0.05, 0) is 12.8 Å². The molecule has 0 atom stereocenters. The van der Waals surface area contributed by atoms with Crippen molar-refractivity contribution >= 4 is 11.6 Å². The van der Waals surface area contributed by atoms with Crippen molar-refractivity contribution in [2.24, 2.45) is 0 Å². The summed E-state index contributed by atoms with van der Waals surface area (Å²) in [5.41, 5.74) is -0.0711. The molecule has 2 rings (SSSR count). The van der Waals surface area contributed by atoms with E-state index < -0.39 is 4.92 Å². The lowest BCUT2D eigenvalue weighted by Gasteiger charge is -2.20. The van der Waals surface area contributed by atoms with Crippen LogP contribution in [0.3, 0.4) is 0 Å². The molecule has 1 N–H and O–H groups in total. The SMILES string of the molecule is O=[N+]([O-])c1cnc(NC2CCCCCCC2)nc1. The first-order valence-corrected chi connectivity index (χ1v) is 6.48.